The first kappa shape index (κ1) is 16.4. The smallest absolute Gasteiger partial charge is 0.303 e. The molecule has 0 saturated heterocycles. The zero-order valence-corrected chi connectivity index (χ0v) is 11.0. The van der Waals surface area contributed by atoms with Crippen LogP contribution in [-0.4, -0.2) is 36.5 Å². The van der Waals surface area contributed by atoms with Crippen molar-refractivity contribution in [2.75, 3.05) is 13.1 Å². The second-order valence-electron chi connectivity index (χ2n) is 5.14. The van der Waals surface area contributed by atoms with Crippen molar-refractivity contribution < 1.29 is 18.0 Å². The van der Waals surface area contributed by atoms with Crippen LogP contribution >= 0.6 is 0 Å². The van der Waals surface area contributed by atoms with Crippen LogP contribution in [-0.2, 0) is 4.79 Å². The first-order chi connectivity index (χ1) is 7.63. The fourth-order valence-corrected chi connectivity index (χ4v) is 1.86. The first-order valence-corrected chi connectivity index (χ1v) is 5.90. The molecule has 0 aliphatic heterocycles. The predicted octanol–water partition coefficient (Wildman–Crippen LogP) is 3.26. The Balaban J connectivity index is 4.68. The van der Waals surface area contributed by atoms with Crippen molar-refractivity contribution in [2.24, 2.45) is 5.41 Å². The van der Waals surface area contributed by atoms with Crippen molar-refractivity contribution in [3.63, 3.8) is 0 Å². The number of alkyl halides is 3. The molecule has 17 heavy (non-hydrogen) atoms. The number of carbonyl (C=O) groups excluding carboxylic acids is 1. The van der Waals surface area contributed by atoms with Gasteiger partial charge in [0, 0.05) is 18.0 Å². The Morgan fingerprint density at radius 1 is 1.24 bits per heavy atom. The molecule has 0 aromatic carbocycles. The fourth-order valence-electron chi connectivity index (χ4n) is 1.86. The zero-order valence-electron chi connectivity index (χ0n) is 11.0. The van der Waals surface area contributed by atoms with Gasteiger partial charge in [0.1, 0.15) is 6.29 Å². The Bertz CT molecular complexity index is 240. The van der Waals surface area contributed by atoms with Crippen LogP contribution in [0.4, 0.5) is 13.2 Å². The molecular formula is C12H22F3NO. The minimum Gasteiger partial charge on any atom is -0.303 e. The lowest BCUT2D eigenvalue weighted by molar-refractivity contribution is -0.154. The third kappa shape index (κ3) is 6.66. The van der Waals surface area contributed by atoms with Crippen molar-refractivity contribution in [3.05, 3.63) is 0 Å². The molecule has 0 aliphatic carbocycles. The van der Waals surface area contributed by atoms with Crippen LogP contribution in [0.3, 0.4) is 0 Å². The topological polar surface area (TPSA) is 20.3 Å². The van der Waals surface area contributed by atoms with Crippen molar-refractivity contribution in [1.82, 2.24) is 4.90 Å². The van der Waals surface area contributed by atoms with E-state index in [-0.39, 0.29) is 12.6 Å². The average Bonchev–Trinajstić information content (AvgIpc) is 2.15. The molecule has 2 nitrogen and oxygen atoms in total. The summed E-state index contributed by atoms with van der Waals surface area (Å²) in [5.74, 6) is 0. The van der Waals surface area contributed by atoms with Gasteiger partial charge in [0.2, 0.25) is 0 Å². The fraction of sp³-hybridized carbons (Fsp3) is 0.917. The summed E-state index contributed by atoms with van der Waals surface area (Å²) >= 11 is 0. The highest BCUT2D eigenvalue weighted by Crippen LogP contribution is 2.25. The maximum atomic E-state index is 12.4. The summed E-state index contributed by atoms with van der Waals surface area (Å²) in [5, 5.41) is 0. The van der Waals surface area contributed by atoms with E-state index in [4.69, 9.17) is 0 Å². The normalized spacial score (nSPS) is 16.3. The van der Waals surface area contributed by atoms with Gasteiger partial charge in [-0.25, -0.2) is 0 Å². The quantitative estimate of drug-likeness (QED) is 0.649. The number of hydrogen-bond donors (Lipinski definition) is 0. The summed E-state index contributed by atoms with van der Waals surface area (Å²) in [7, 11) is 0. The van der Waals surface area contributed by atoms with Gasteiger partial charge in [-0.05, 0) is 20.3 Å². The number of halogens is 3. The molecule has 0 aromatic heterocycles. The van der Waals surface area contributed by atoms with Gasteiger partial charge in [-0.15, -0.1) is 0 Å². The molecule has 1 atom stereocenters. The lowest BCUT2D eigenvalue weighted by Gasteiger charge is -2.34. The van der Waals surface area contributed by atoms with Crippen LogP contribution in [0.15, 0.2) is 0 Å². The van der Waals surface area contributed by atoms with Crippen LogP contribution in [0.5, 0.6) is 0 Å². The Morgan fingerprint density at radius 2 is 1.76 bits per heavy atom. The maximum absolute atomic E-state index is 12.4. The van der Waals surface area contributed by atoms with Crippen molar-refractivity contribution in [1.29, 1.82) is 0 Å². The van der Waals surface area contributed by atoms with E-state index in [1.807, 2.05) is 6.92 Å². The predicted molar refractivity (Wildman–Crippen MR) is 61.8 cm³/mol. The number of aldehydes is 1. The van der Waals surface area contributed by atoms with Crippen LogP contribution < -0.4 is 0 Å². The Morgan fingerprint density at radius 3 is 2.06 bits per heavy atom. The molecule has 0 rings (SSSR count). The Hall–Kier alpha value is -0.580. The van der Waals surface area contributed by atoms with Crippen LogP contribution in [0, 0.1) is 5.41 Å². The summed E-state index contributed by atoms with van der Waals surface area (Å²) in [5.41, 5.74) is -0.690. The maximum Gasteiger partial charge on any atom is 0.401 e. The third-order valence-electron chi connectivity index (χ3n) is 2.78. The standard InChI is InChI=1S/C12H22F3NO/c1-5-6-11(4,9-17)7-16(10(2)3)8-12(13,14)15/h9-10H,5-8H2,1-4H3. The molecule has 0 amide bonds. The minimum absolute atomic E-state index is 0.154. The Labute approximate surface area is 101 Å². The highest BCUT2D eigenvalue weighted by atomic mass is 19.4. The van der Waals surface area contributed by atoms with E-state index in [1.54, 1.807) is 20.8 Å². The number of rotatable bonds is 7. The molecule has 0 radical (unpaired) electrons. The molecular weight excluding hydrogens is 231 g/mol. The molecule has 0 aliphatic rings. The summed E-state index contributed by atoms with van der Waals surface area (Å²) in [6.07, 6.45) is -2.05. The molecule has 102 valence electrons. The SMILES string of the molecule is CCCC(C)(C=O)CN(CC(F)(F)F)C(C)C. The number of hydrogen-bond acceptors (Lipinski definition) is 2. The summed E-state index contributed by atoms with van der Waals surface area (Å²) in [6.45, 7) is 6.26. The molecule has 0 spiro atoms. The molecule has 1 unspecified atom stereocenters. The molecule has 0 N–H and O–H groups in total. The second-order valence-corrected chi connectivity index (χ2v) is 5.14. The van der Waals surface area contributed by atoms with E-state index in [0.29, 0.717) is 6.42 Å². The van der Waals surface area contributed by atoms with E-state index in [2.05, 4.69) is 0 Å². The molecule has 0 bridgehead atoms. The van der Waals surface area contributed by atoms with Crippen LogP contribution in [0.2, 0.25) is 0 Å². The third-order valence-corrected chi connectivity index (χ3v) is 2.78. The molecule has 0 fully saturated rings. The molecule has 0 saturated carbocycles. The monoisotopic (exact) mass is 253 g/mol. The van der Waals surface area contributed by atoms with Crippen LogP contribution in [0.25, 0.3) is 0 Å². The van der Waals surface area contributed by atoms with Gasteiger partial charge in [-0.1, -0.05) is 20.3 Å². The van der Waals surface area contributed by atoms with E-state index in [1.165, 1.54) is 4.90 Å². The highest BCUT2D eigenvalue weighted by molar-refractivity contribution is 5.59. The van der Waals surface area contributed by atoms with Crippen molar-refractivity contribution >= 4 is 6.29 Å². The summed E-state index contributed by atoms with van der Waals surface area (Å²) < 4.78 is 37.2. The molecule has 5 heteroatoms. The average molecular weight is 253 g/mol. The van der Waals surface area contributed by atoms with Gasteiger partial charge < -0.3 is 4.79 Å². The first-order valence-electron chi connectivity index (χ1n) is 5.90. The van der Waals surface area contributed by atoms with E-state index >= 15 is 0 Å². The lowest BCUT2D eigenvalue weighted by Crippen LogP contribution is -2.45. The van der Waals surface area contributed by atoms with Crippen molar-refractivity contribution in [3.8, 4) is 0 Å². The number of nitrogens with zero attached hydrogens (tertiary/aromatic N) is 1. The van der Waals surface area contributed by atoms with Gasteiger partial charge in [0.25, 0.3) is 0 Å². The molecule has 0 heterocycles. The molecule has 0 aromatic rings. The lowest BCUT2D eigenvalue weighted by atomic mass is 9.86. The van der Waals surface area contributed by atoms with E-state index in [9.17, 15) is 18.0 Å². The summed E-state index contributed by atoms with van der Waals surface area (Å²) in [4.78, 5) is 12.3. The van der Waals surface area contributed by atoms with Gasteiger partial charge in [0.15, 0.2) is 0 Å². The van der Waals surface area contributed by atoms with Gasteiger partial charge in [-0.2, -0.15) is 13.2 Å². The van der Waals surface area contributed by atoms with Crippen molar-refractivity contribution in [2.45, 2.75) is 52.8 Å². The number of carbonyl (C=O) groups is 1. The Kier molecular flexibility index (Phi) is 6.16. The zero-order chi connectivity index (χ0) is 13.7. The van der Waals surface area contributed by atoms with Gasteiger partial charge in [-0.3, -0.25) is 4.90 Å². The second kappa shape index (κ2) is 6.38. The summed E-state index contributed by atoms with van der Waals surface area (Å²) in [6, 6.07) is -0.229. The van der Waals surface area contributed by atoms with Gasteiger partial charge >= 0.3 is 6.18 Å². The van der Waals surface area contributed by atoms with Gasteiger partial charge in [0.05, 0.1) is 6.54 Å². The minimum atomic E-state index is -4.22. The van der Waals surface area contributed by atoms with E-state index < -0.39 is 18.1 Å². The van der Waals surface area contributed by atoms with Crippen LogP contribution in [0.1, 0.15) is 40.5 Å². The van der Waals surface area contributed by atoms with E-state index in [0.717, 1.165) is 12.7 Å². The largest absolute Gasteiger partial charge is 0.401 e. The highest BCUT2D eigenvalue weighted by Gasteiger charge is 2.35.